The van der Waals surface area contributed by atoms with Crippen molar-refractivity contribution in [1.29, 1.82) is 0 Å². The third kappa shape index (κ3) is 5.31. The summed E-state index contributed by atoms with van der Waals surface area (Å²) < 4.78 is 5.40. The van der Waals surface area contributed by atoms with Crippen molar-refractivity contribution in [2.75, 3.05) is 25.5 Å². The van der Waals surface area contributed by atoms with Crippen molar-refractivity contribution in [3.63, 3.8) is 0 Å². The molecule has 0 saturated carbocycles. The summed E-state index contributed by atoms with van der Waals surface area (Å²) in [5.41, 5.74) is 2.10. The van der Waals surface area contributed by atoms with Crippen LogP contribution in [0, 0.1) is 0 Å². The number of hydrogen-bond acceptors (Lipinski definition) is 6. The predicted octanol–water partition coefficient (Wildman–Crippen LogP) is 4.29. The standard InChI is InChI=1S/C23H29ClN6O2/c1-23(2,3)32-22(31)28-15-9-14(12-30(4)13-15)27-21-26-11-18(24)20(29-21)17-10-25-19-8-6-5-7-16(17)19/h5-8,10-11,14-15,25H,9,12-13H2,1-4H3,(H,28,31)(H,26,27,29)/t14-,15+/m1/s1. The summed E-state index contributed by atoms with van der Waals surface area (Å²) in [6, 6.07) is 8.05. The molecule has 1 saturated heterocycles. The maximum absolute atomic E-state index is 12.2. The van der Waals surface area contributed by atoms with Crippen LogP contribution in [0.15, 0.2) is 36.7 Å². The number of anilines is 1. The number of nitrogens with one attached hydrogen (secondary N) is 3. The van der Waals surface area contributed by atoms with Crippen molar-refractivity contribution >= 4 is 34.5 Å². The minimum atomic E-state index is -0.530. The molecular formula is C23H29ClN6O2. The summed E-state index contributed by atoms with van der Waals surface area (Å²) in [5, 5.41) is 7.94. The molecule has 1 aliphatic heterocycles. The highest BCUT2D eigenvalue weighted by Gasteiger charge is 2.28. The zero-order valence-electron chi connectivity index (χ0n) is 18.8. The van der Waals surface area contributed by atoms with E-state index in [2.05, 4.69) is 25.5 Å². The van der Waals surface area contributed by atoms with Gasteiger partial charge in [-0.25, -0.2) is 14.8 Å². The molecular weight excluding hydrogens is 428 g/mol. The van der Waals surface area contributed by atoms with Crippen molar-refractivity contribution in [3.8, 4) is 11.3 Å². The van der Waals surface area contributed by atoms with E-state index >= 15 is 0 Å². The van der Waals surface area contributed by atoms with E-state index in [9.17, 15) is 4.79 Å². The molecule has 1 aromatic carbocycles. The van der Waals surface area contributed by atoms with E-state index in [0.29, 0.717) is 16.7 Å². The van der Waals surface area contributed by atoms with E-state index in [4.69, 9.17) is 21.3 Å². The van der Waals surface area contributed by atoms with Gasteiger partial charge >= 0.3 is 6.09 Å². The fourth-order valence-corrected chi connectivity index (χ4v) is 4.27. The van der Waals surface area contributed by atoms with Crippen molar-refractivity contribution in [1.82, 2.24) is 25.2 Å². The van der Waals surface area contributed by atoms with Gasteiger partial charge in [0.05, 0.1) is 16.9 Å². The number of nitrogens with zero attached hydrogens (tertiary/aromatic N) is 3. The lowest BCUT2D eigenvalue weighted by Gasteiger charge is -2.36. The molecule has 1 aliphatic rings. The molecule has 9 heteroatoms. The summed E-state index contributed by atoms with van der Waals surface area (Å²) >= 11 is 6.45. The molecule has 2 atom stereocenters. The lowest BCUT2D eigenvalue weighted by Crippen LogP contribution is -2.53. The van der Waals surface area contributed by atoms with E-state index in [1.807, 2.05) is 58.3 Å². The van der Waals surface area contributed by atoms with Gasteiger partial charge in [-0.3, -0.25) is 0 Å². The fourth-order valence-electron chi connectivity index (χ4n) is 4.08. The zero-order valence-corrected chi connectivity index (χ0v) is 19.5. The average molecular weight is 457 g/mol. The number of likely N-dealkylation sites (tertiary alicyclic amines) is 1. The van der Waals surface area contributed by atoms with Crippen LogP contribution in [0.3, 0.4) is 0 Å². The lowest BCUT2D eigenvalue weighted by atomic mass is 10.0. The van der Waals surface area contributed by atoms with Crippen LogP contribution in [-0.4, -0.2) is 63.8 Å². The van der Waals surface area contributed by atoms with Crippen LogP contribution in [-0.2, 0) is 4.74 Å². The highest BCUT2D eigenvalue weighted by Crippen LogP contribution is 2.32. The Morgan fingerprint density at radius 3 is 2.78 bits per heavy atom. The van der Waals surface area contributed by atoms with Crippen molar-refractivity contribution < 1.29 is 9.53 Å². The third-order valence-corrected chi connectivity index (χ3v) is 5.55. The fraction of sp³-hybridized carbons (Fsp3) is 0.435. The number of aromatic amines is 1. The minimum absolute atomic E-state index is 0.0403. The molecule has 0 aliphatic carbocycles. The Hall–Kier alpha value is -2.84. The van der Waals surface area contributed by atoms with E-state index in [1.165, 1.54) is 0 Å². The number of rotatable bonds is 4. The second kappa shape index (κ2) is 8.96. The molecule has 8 nitrogen and oxygen atoms in total. The smallest absolute Gasteiger partial charge is 0.407 e. The van der Waals surface area contributed by atoms with Gasteiger partial charge in [0.2, 0.25) is 5.95 Å². The highest BCUT2D eigenvalue weighted by molar-refractivity contribution is 6.33. The monoisotopic (exact) mass is 456 g/mol. The maximum Gasteiger partial charge on any atom is 0.407 e. The first-order valence-corrected chi connectivity index (χ1v) is 11.1. The summed E-state index contributed by atoms with van der Waals surface area (Å²) in [7, 11) is 2.03. The van der Waals surface area contributed by atoms with Gasteiger partial charge in [0, 0.05) is 47.8 Å². The molecule has 170 valence electrons. The van der Waals surface area contributed by atoms with Crippen LogP contribution in [0.2, 0.25) is 5.02 Å². The van der Waals surface area contributed by atoms with Crippen LogP contribution in [0.25, 0.3) is 22.2 Å². The zero-order chi connectivity index (χ0) is 22.9. The molecule has 0 bridgehead atoms. The summed E-state index contributed by atoms with van der Waals surface area (Å²) in [6.07, 6.45) is 3.87. The number of H-pyrrole nitrogens is 1. The molecule has 32 heavy (non-hydrogen) atoms. The van der Waals surface area contributed by atoms with Crippen molar-refractivity contribution in [2.24, 2.45) is 0 Å². The Morgan fingerprint density at radius 2 is 2.00 bits per heavy atom. The highest BCUT2D eigenvalue weighted by atomic mass is 35.5. The van der Waals surface area contributed by atoms with Crippen molar-refractivity contribution in [3.05, 3.63) is 41.7 Å². The third-order valence-electron chi connectivity index (χ3n) is 5.28. The Kier molecular flexibility index (Phi) is 6.26. The number of benzene rings is 1. The predicted molar refractivity (Wildman–Crippen MR) is 127 cm³/mol. The first-order chi connectivity index (χ1) is 15.2. The number of fused-ring (bicyclic) bond motifs is 1. The van der Waals surface area contributed by atoms with Gasteiger partial charge in [-0.1, -0.05) is 29.8 Å². The number of hydrogen-bond donors (Lipinski definition) is 3. The number of alkyl carbamates (subject to hydrolysis) is 1. The van der Waals surface area contributed by atoms with E-state index in [0.717, 1.165) is 36.0 Å². The van der Waals surface area contributed by atoms with Crippen LogP contribution in [0.1, 0.15) is 27.2 Å². The number of halogens is 1. The van der Waals surface area contributed by atoms with Crippen LogP contribution in [0.4, 0.5) is 10.7 Å². The largest absolute Gasteiger partial charge is 0.444 e. The van der Waals surface area contributed by atoms with Gasteiger partial charge < -0.3 is 25.3 Å². The molecule has 1 fully saturated rings. The molecule has 2 aromatic heterocycles. The molecule has 3 heterocycles. The number of aromatic nitrogens is 3. The number of ether oxygens (including phenoxy) is 1. The quantitative estimate of drug-likeness (QED) is 0.542. The van der Waals surface area contributed by atoms with E-state index < -0.39 is 11.7 Å². The van der Waals surface area contributed by atoms with Gasteiger partial charge in [-0.05, 0) is 40.3 Å². The van der Waals surface area contributed by atoms with E-state index in [1.54, 1.807) is 6.20 Å². The molecule has 0 unspecified atom stereocenters. The number of carbonyl (C=O) groups excluding carboxylic acids is 1. The number of likely N-dealkylation sites (N-methyl/N-ethyl adjacent to an activating group) is 1. The maximum atomic E-state index is 12.2. The van der Waals surface area contributed by atoms with Gasteiger partial charge in [-0.15, -0.1) is 0 Å². The molecule has 1 amide bonds. The first-order valence-electron chi connectivity index (χ1n) is 10.7. The second-order valence-electron chi connectivity index (χ2n) is 9.28. The molecule has 0 radical (unpaired) electrons. The number of carbonyl (C=O) groups is 1. The molecule has 3 N–H and O–H groups in total. The first kappa shape index (κ1) is 22.4. The van der Waals surface area contributed by atoms with Gasteiger partial charge in [0.25, 0.3) is 0 Å². The van der Waals surface area contributed by atoms with Crippen LogP contribution in [0.5, 0.6) is 0 Å². The number of para-hydroxylation sites is 1. The summed E-state index contributed by atoms with van der Waals surface area (Å²) in [6.45, 7) is 7.12. The second-order valence-corrected chi connectivity index (χ2v) is 9.69. The normalized spacial score (nSPS) is 19.7. The molecule has 3 aromatic rings. The van der Waals surface area contributed by atoms with Crippen molar-refractivity contribution in [2.45, 2.75) is 44.9 Å². The topological polar surface area (TPSA) is 95.2 Å². The number of piperidine rings is 1. The van der Waals surface area contributed by atoms with E-state index in [-0.39, 0.29) is 12.1 Å². The van der Waals surface area contributed by atoms with Gasteiger partial charge in [0.1, 0.15) is 5.60 Å². The lowest BCUT2D eigenvalue weighted by molar-refractivity contribution is 0.0476. The SMILES string of the molecule is CN1C[C@@H](NC(=O)OC(C)(C)C)C[C@@H](Nc2ncc(Cl)c(-c3c[nH]c4ccccc34)n2)C1. The Bertz CT molecular complexity index is 1110. The van der Waals surface area contributed by atoms with Crippen LogP contribution < -0.4 is 10.6 Å². The van der Waals surface area contributed by atoms with Crippen LogP contribution >= 0.6 is 11.6 Å². The Labute approximate surface area is 192 Å². The summed E-state index contributed by atoms with van der Waals surface area (Å²) in [5.74, 6) is 0.506. The Morgan fingerprint density at radius 1 is 1.25 bits per heavy atom. The number of amides is 1. The molecule has 0 spiro atoms. The van der Waals surface area contributed by atoms with Gasteiger partial charge in [-0.2, -0.15) is 0 Å². The molecule has 4 rings (SSSR count). The summed E-state index contributed by atoms with van der Waals surface area (Å²) in [4.78, 5) is 26.7. The Balaban J connectivity index is 1.49. The van der Waals surface area contributed by atoms with Gasteiger partial charge in [0.15, 0.2) is 0 Å². The average Bonchev–Trinajstić information content (AvgIpc) is 3.11. The minimum Gasteiger partial charge on any atom is -0.444 e.